The second-order valence-electron chi connectivity index (χ2n) is 4.19. The maximum absolute atomic E-state index is 10.8. The number of phenolic OH excluding ortho intramolecular Hbond substituents is 1. The van der Waals surface area contributed by atoms with E-state index in [9.17, 15) is 9.90 Å². The molecule has 0 aliphatic rings. The van der Waals surface area contributed by atoms with Crippen LogP contribution in [0.15, 0.2) is 48.5 Å². The summed E-state index contributed by atoms with van der Waals surface area (Å²) in [4.78, 5) is 11.8. The van der Waals surface area contributed by atoms with Gasteiger partial charge in [0.25, 0.3) is 0 Å². The summed E-state index contributed by atoms with van der Waals surface area (Å²) in [5.74, 6) is -1.05. The summed E-state index contributed by atoms with van der Waals surface area (Å²) in [6.45, 7) is 0. The summed E-state index contributed by atoms with van der Waals surface area (Å²) in [5.41, 5.74) is 0.744. The van der Waals surface area contributed by atoms with E-state index in [-0.39, 0.29) is 11.3 Å². The van der Waals surface area contributed by atoms with Gasteiger partial charge < -0.3 is 10.2 Å². The quantitative estimate of drug-likeness (QED) is 0.740. The Kier molecular flexibility index (Phi) is 2.72. The summed E-state index contributed by atoms with van der Waals surface area (Å²) in [7, 11) is 0. The number of phenols is 1. The number of aromatic carboxylic acids is 1. The first kappa shape index (κ1) is 11.7. The molecule has 2 N–H and O–H groups in total. The molecular formula is C15H10O3S. The molecule has 0 aliphatic carbocycles. The fourth-order valence-electron chi connectivity index (χ4n) is 1.99. The molecule has 0 bridgehead atoms. The molecule has 19 heavy (non-hydrogen) atoms. The molecule has 0 spiro atoms. The molecule has 2 aromatic carbocycles. The number of carboxylic acids is 1. The van der Waals surface area contributed by atoms with Gasteiger partial charge in [0, 0.05) is 15.1 Å². The maximum Gasteiger partial charge on any atom is 0.335 e. The van der Waals surface area contributed by atoms with Crippen LogP contribution in [0.4, 0.5) is 0 Å². The number of hydrogen-bond donors (Lipinski definition) is 2. The molecule has 0 atom stereocenters. The minimum absolute atomic E-state index is 0.00791. The van der Waals surface area contributed by atoms with E-state index in [1.807, 2.05) is 30.3 Å². The Hall–Kier alpha value is -2.33. The van der Waals surface area contributed by atoms with Crippen molar-refractivity contribution in [3.63, 3.8) is 0 Å². The van der Waals surface area contributed by atoms with Gasteiger partial charge in [-0.2, -0.15) is 0 Å². The van der Waals surface area contributed by atoms with E-state index >= 15 is 0 Å². The minimum atomic E-state index is -1.04. The summed E-state index contributed by atoms with van der Waals surface area (Å²) < 4.78 is 1.14. The Morgan fingerprint density at radius 2 is 1.84 bits per heavy atom. The van der Waals surface area contributed by atoms with Gasteiger partial charge in [0.15, 0.2) is 0 Å². The fourth-order valence-corrected chi connectivity index (χ4v) is 3.08. The number of hydrogen-bond acceptors (Lipinski definition) is 3. The van der Waals surface area contributed by atoms with Gasteiger partial charge in [-0.05, 0) is 35.7 Å². The Morgan fingerprint density at radius 1 is 1.05 bits per heavy atom. The predicted molar refractivity (Wildman–Crippen MR) is 75.9 cm³/mol. The lowest BCUT2D eigenvalue weighted by Crippen LogP contribution is -1.95. The van der Waals surface area contributed by atoms with Crippen LogP contribution in [0.3, 0.4) is 0 Å². The smallest absolute Gasteiger partial charge is 0.335 e. The molecule has 4 heteroatoms. The molecule has 0 saturated carbocycles. The second-order valence-corrected chi connectivity index (χ2v) is 5.27. The lowest BCUT2D eigenvalue weighted by atomic mass is 10.1. The standard InChI is InChI=1S/C15H10O3S/c16-12-7-10(15(17)18)5-6-11(12)14-8-9-3-1-2-4-13(9)19-14/h1-8,16H,(H,17,18). The molecular weight excluding hydrogens is 260 g/mol. The molecule has 94 valence electrons. The second kappa shape index (κ2) is 4.40. The van der Waals surface area contributed by atoms with E-state index in [0.717, 1.165) is 15.0 Å². The van der Waals surface area contributed by atoms with Crippen LogP contribution < -0.4 is 0 Å². The highest BCUT2D eigenvalue weighted by molar-refractivity contribution is 7.22. The average molecular weight is 270 g/mol. The Bertz CT molecular complexity index is 741. The van der Waals surface area contributed by atoms with Crippen molar-refractivity contribution < 1.29 is 15.0 Å². The van der Waals surface area contributed by atoms with E-state index < -0.39 is 5.97 Å². The molecule has 3 nitrogen and oxygen atoms in total. The lowest BCUT2D eigenvalue weighted by molar-refractivity contribution is 0.0696. The first-order valence-electron chi connectivity index (χ1n) is 5.70. The highest BCUT2D eigenvalue weighted by atomic mass is 32.1. The molecule has 0 unspecified atom stereocenters. The summed E-state index contributed by atoms with van der Waals surface area (Å²) in [6.07, 6.45) is 0. The van der Waals surface area contributed by atoms with Crippen molar-refractivity contribution in [1.82, 2.24) is 0 Å². The van der Waals surface area contributed by atoms with Crippen molar-refractivity contribution in [2.24, 2.45) is 0 Å². The minimum Gasteiger partial charge on any atom is -0.507 e. The van der Waals surface area contributed by atoms with Crippen molar-refractivity contribution >= 4 is 27.4 Å². The van der Waals surface area contributed by atoms with Gasteiger partial charge in [-0.15, -0.1) is 11.3 Å². The van der Waals surface area contributed by atoms with E-state index in [4.69, 9.17) is 5.11 Å². The number of benzene rings is 2. The fraction of sp³-hybridized carbons (Fsp3) is 0. The van der Waals surface area contributed by atoms with Gasteiger partial charge in [-0.1, -0.05) is 18.2 Å². The molecule has 1 aromatic heterocycles. The molecule has 1 heterocycles. The topological polar surface area (TPSA) is 57.5 Å². The molecule has 0 radical (unpaired) electrons. The summed E-state index contributed by atoms with van der Waals surface area (Å²) >= 11 is 1.57. The Labute approximate surface area is 113 Å². The Morgan fingerprint density at radius 3 is 2.53 bits per heavy atom. The monoisotopic (exact) mass is 270 g/mol. The van der Waals surface area contributed by atoms with Crippen molar-refractivity contribution in [2.45, 2.75) is 0 Å². The molecule has 0 saturated heterocycles. The summed E-state index contributed by atoms with van der Waals surface area (Å²) in [6, 6.07) is 14.4. The number of thiophene rings is 1. The first-order chi connectivity index (χ1) is 9.15. The van der Waals surface area contributed by atoms with Gasteiger partial charge >= 0.3 is 5.97 Å². The van der Waals surface area contributed by atoms with Crippen LogP contribution in [0.5, 0.6) is 5.75 Å². The van der Waals surface area contributed by atoms with Crippen molar-refractivity contribution in [3.05, 3.63) is 54.1 Å². The third-order valence-electron chi connectivity index (χ3n) is 2.94. The van der Waals surface area contributed by atoms with E-state index in [1.54, 1.807) is 17.4 Å². The highest BCUT2D eigenvalue weighted by Gasteiger charge is 2.11. The van der Waals surface area contributed by atoms with E-state index in [1.165, 1.54) is 12.1 Å². The largest absolute Gasteiger partial charge is 0.507 e. The van der Waals surface area contributed by atoms with Crippen LogP contribution in [-0.4, -0.2) is 16.2 Å². The number of rotatable bonds is 2. The van der Waals surface area contributed by atoms with Crippen molar-refractivity contribution in [1.29, 1.82) is 0 Å². The number of fused-ring (bicyclic) bond motifs is 1. The SMILES string of the molecule is O=C(O)c1ccc(-c2cc3ccccc3s2)c(O)c1. The van der Waals surface area contributed by atoms with Crippen molar-refractivity contribution in [3.8, 4) is 16.2 Å². The molecule has 3 rings (SSSR count). The van der Waals surface area contributed by atoms with E-state index in [2.05, 4.69) is 0 Å². The van der Waals surface area contributed by atoms with Crippen LogP contribution in [0.2, 0.25) is 0 Å². The number of carbonyl (C=O) groups is 1. The summed E-state index contributed by atoms with van der Waals surface area (Å²) in [5, 5.41) is 20.0. The molecule has 0 amide bonds. The van der Waals surface area contributed by atoms with Crippen LogP contribution in [0, 0.1) is 0 Å². The van der Waals surface area contributed by atoms with Gasteiger partial charge in [0.1, 0.15) is 5.75 Å². The maximum atomic E-state index is 10.8. The van der Waals surface area contributed by atoms with Crippen LogP contribution in [0.1, 0.15) is 10.4 Å². The van der Waals surface area contributed by atoms with Gasteiger partial charge in [0.2, 0.25) is 0 Å². The van der Waals surface area contributed by atoms with Crippen LogP contribution >= 0.6 is 11.3 Å². The van der Waals surface area contributed by atoms with E-state index in [0.29, 0.717) is 5.56 Å². The average Bonchev–Trinajstić information content (AvgIpc) is 2.81. The van der Waals surface area contributed by atoms with Gasteiger partial charge in [-0.3, -0.25) is 0 Å². The Balaban J connectivity index is 2.13. The molecule has 0 aliphatic heterocycles. The third kappa shape index (κ3) is 2.06. The molecule has 3 aromatic rings. The number of carboxylic acid groups (broad SMARTS) is 1. The zero-order chi connectivity index (χ0) is 13.4. The first-order valence-corrected chi connectivity index (χ1v) is 6.52. The van der Waals surface area contributed by atoms with Gasteiger partial charge in [-0.25, -0.2) is 4.79 Å². The zero-order valence-corrected chi connectivity index (χ0v) is 10.6. The highest BCUT2D eigenvalue weighted by Crippen LogP contribution is 2.38. The third-order valence-corrected chi connectivity index (χ3v) is 4.09. The zero-order valence-electron chi connectivity index (χ0n) is 9.83. The number of aromatic hydroxyl groups is 1. The van der Waals surface area contributed by atoms with Crippen molar-refractivity contribution in [2.75, 3.05) is 0 Å². The van der Waals surface area contributed by atoms with Crippen LogP contribution in [0.25, 0.3) is 20.5 Å². The molecule has 0 fully saturated rings. The normalized spacial score (nSPS) is 10.7. The predicted octanol–water partition coefficient (Wildman–Crippen LogP) is 3.97. The van der Waals surface area contributed by atoms with Crippen LogP contribution in [-0.2, 0) is 0 Å². The van der Waals surface area contributed by atoms with Gasteiger partial charge in [0.05, 0.1) is 5.56 Å². The lowest BCUT2D eigenvalue weighted by Gasteiger charge is -2.02.